The molecule has 0 aliphatic heterocycles. The quantitative estimate of drug-likeness (QED) is 0.199. The van der Waals surface area contributed by atoms with Crippen LogP contribution >= 0.6 is 0 Å². The van der Waals surface area contributed by atoms with Crippen LogP contribution in [0.4, 0.5) is 0 Å². The van der Waals surface area contributed by atoms with E-state index in [-0.39, 0.29) is 68.3 Å². The number of fused-ring (bicyclic) bond motifs is 11. The zero-order chi connectivity index (χ0) is 26.4. The lowest BCUT2D eigenvalue weighted by molar-refractivity contribution is -0.162. The molecule has 6 aliphatic rings. The molecule has 6 fully saturated rings. The third-order valence-electron chi connectivity index (χ3n) is 13.0. The minimum atomic E-state index is -1.03. The summed E-state index contributed by atoms with van der Waals surface area (Å²) in [6.07, 6.45) is 9.27. The topological polar surface area (TPSA) is 101 Å². The van der Waals surface area contributed by atoms with Crippen molar-refractivity contribution in [1.82, 2.24) is 0 Å². The summed E-state index contributed by atoms with van der Waals surface area (Å²) in [6.45, 7) is 8.33. The van der Waals surface area contributed by atoms with Gasteiger partial charge in [-0.3, -0.25) is 14.4 Å². The van der Waals surface area contributed by atoms with E-state index < -0.39 is 29.2 Å². The second-order valence-corrected chi connectivity index (χ2v) is 14.8. The molecule has 0 aromatic carbocycles. The minimum Gasteiger partial charge on any atom is -0.481 e. The fourth-order valence-corrected chi connectivity index (χ4v) is 11.5. The van der Waals surface area contributed by atoms with Gasteiger partial charge in [-0.1, -0.05) is 58.4 Å². The van der Waals surface area contributed by atoms with Gasteiger partial charge in [0.2, 0.25) is 0 Å². The molecule has 0 saturated heterocycles. The minimum absolute atomic E-state index is 0. The first-order valence-electron chi connectivity index (χ1n) is 15.1. The largest absolute Gasteiger partial charge is 0.481 e. The normalized spacial score (nSPS) is 40.2. The van der Waals surface area contributed by atoms with Crippen LogP contribution in [0, 0.1) is 88.3 Å². The molecule has 2 N–H and O–H groups in total. The van der Waals surface area contributed by atoms with E-state index in [0.717, 1.165) is 18.3 Å². The number of hydrogen-bond acceptors (Lipinski definition) is 4. The van der Waals surface area contributed by atoms with Crippen molar-refractivity contribution in [1.29, 1.82) is 0 Å². The summed E-state index contributed by atoms with van der Waals surface area (Å²) in [5, 5.41) is 20.1. The Morgan fingerprint density at radius 2 is 1.26 bits per heavy atom. The maximum absolute atomic E-state index is 13.5. The predicted molar refractivity (Wildman–Crippen MR) is 178 cm³/mol. The number of carbonyl (C=O) groups excluding carboxylic acids is 1. The average molecular weight is 611 g/mol. The molecule has 0 heterocycles. The second kappa shape index (κ2) is 14.7. The van der Waals surface area contributed by atoms with Crippen LogP contribution in [0.25, 0.3) is 0 Å². The Kier molecular flexibility index (Phi) is 14.1. The highest BCUT2D eigenvalue weighted by molar-refractivity contribution is 5.80. The van der Waals surface area contributed by atoms with Gasteiger partial charge in [-0.2, -0.15) is 0 Å². The standard InChI is InChI=1S/C31H46O6.6CH4/c1-14-16-5-6-17(9-16)23(14)13-37-30(36)31(3,4)12-22-20-11-21(26-19-8-7-18(10-19)25(20)26)27(22)24(29(34)35)15(2)28(32)33;;;;;;/h14-27H,5-13H2,1-4H3,(H,32,33)(H,34,35);6*1H4. The SMILES string of the molecule is C.C.C.C.C.C.CC(C(=O)O)C(C(=O)O)C1C(CC(C)(C)C(=O)OCC2C3CCC(C3)C2C)C2CC1C1C3CCC(C3)C21. The van der Waals surface area contributed by atoms with Crippen molar-refractivity contribution in [2.45, 2.75) is 124 Å². The van der Waals surface area contributed by atoms with Gasteiger partial charge in [0.15, 0.2) is 0 Å². The summed E-state index contributed by atoms with van der Waals surface area (Å²) in [7, 11) is 0. The molecule has 14 unspecified atom stereocenters. The molecule has 254 valence electrons. The van der Waals surface area contributed by atoms with Gasteiger partial charge in [0.1, 0.15) is 0 Å². The van der Waals surface area contributed by atoms with Crippen LogP contribution in [-0.2, 0) is 19.1 Å². The van der Waals surface area contributed by atoms with Gasteiger partial charge in [-0.15, -0.1) is 0 Å². The van der Waals surface area contributed by atoms with Crippen molar-refractivity contribution in [3.63, 3.8) is 0 Å². The smallest absolute Gasteiger partial charge is 0.311 e. The average Bonchev–Trinajstić information content (AvgIpc) is 3.66. The first kappa shape index (κ1) is 41.4. The number of esters is 1. The summed E-state index contributed by atoms with van der Waals surface area (Å²) >= 11 is 0. The second-order valence-electron chi connectivity index (χ2n) is 14.8. The monoisotopic (exact) mass is 611 g/mol. The Hall–Kier alpha value is -1.59. The molecule has 0 aromatic rings. The highest BCUT2D eigenvalue weighted by Gasteiger charge is 2.68. The lowest BCUT2D eigenvalue weighted by Crippen LogP contribution is -2.47. The van der Waals surface area contributed by atoms with Crippen LogP contribution in [0.1, 0.15) is 124 Å². The van der Waals surface area contributed by atoms with Gasteiger partial charge in [-0.25, -0.2) is 0 Å². The van der Waals surface area contributed by atoms with Crippen molar-refractivity contribution in [3.8, 4) is 0 Å². The fourth-order valence-electron chi connectivity index (χ4n) is 11.5. The van der Waals surface area contributed by atoms with Gasteiger partial charge >= 0.3 is 17.9 Å². The van der Waals surface area contributed by atoms with Crippen LogP contribution in [0.3, 0.4) is 0 Å². The molecule has 6 nitrogen and oxygen atoms in total. The summed E-state index contributed by atoms with van der Waals surface area (Å²) in [6, 6.07) is 0. The highest BCUT2D eigenvalue weighted by Crippen LogP contribution is 2.72. The molecule has 0 spiro atoms. The van der Waals surface area contributed by atoms with Crippen LogP contribution in [0.5, 0.6) is 0 Å². The van der Waals surface area contributed by atoms with Gasteiger partial charge in [-0.05, 0) is 136 Å². The molecule has 14 atom stereocenters. The Balaban J connectivity index is 0.00000294. The molecule has 43 heavy (non-hydrogen) atoms. The van der Waals surface area contributed by atoms with Gasteiger partial charge < -0.3 is 14.9 Å². The van der Waals surface area contributed by atoms with E-state index in [1.54, 1.807) is 6.92 Å². The maximum Gasteiger partial charge on any atom is 0.311 e. The molecule has 0 amide bonds. The van der Waals surface area contributed by atoms with Crippen LogP contribution in [0.15, 0.2) is 0 Å². The molecule has 6 rings (SSSR count). The number of rotatable bonds is 9. The van der Waals surface area contributed by atoms with E-state index in [9.17, 15) is 24.6 Å². The van der Waals surface area contributed by atoms with Crippen molar-refractivity contribution in [2.75, 3.05) is 6.61 Å². The van der Waals surface area contributed by atoms with E-state index in [2.05, 4.69) is 6.92 Å². The molecule has 6 saturated carbocycles. The zero-order valence-electron chi connectivity index (χ0n) is 23.0. The first-order valence-corrected chi connectivity index (χ1v) is 15.1. The highest BCUT2D eigenvalue weighted by atomic mass is 16.5. The summed E-state index contributed by atoms with van der Waals surface area (Å²) < 4.78 is 6.02. The van der Waals surface area contributed by atoms with Crippen molar-refractivity contribution < 1.29 is 29.3 Å². The molecule has 6 bridgehead atoms. The third-order valence-corrected chi connectivity index (χ3v) is 13.0. The summed E-state index contributed by atoms with van der Waals surface area (Å²) in [4.78, 5) is 38.1. The molecule has 0 radical (unpaired) electrons. The van der Waals surface area contributed by atoms with Crippen molar-refractivity contribution in [3.05, 3.63) is 0 Å². The Bertz CT molecular complexity index is 957. The van der Waals surface area contributed by atoms with Crippen LogP contribution < -0.4 is 0 Å². The summed E-state index contributed by atoms with van der Waals surface area (Å²) in [5.41, 5.74) is -0.711. The van der Waals surface area contributed by atoms with E-state index in [0.29, 0.717) is 54.5 Å². The van der Waals surface area contributed by atoms with E-state index in [1.165, 1.54) is 38.5 Å². The van der Waals surface area contributed by atoms with Gasteiger partial charge in [0.25, 0.3) is 0 Å². The van der Waals surface area contributed by atoms with Crippen LogP contribution in [0.2, 0.25) is 0 Å². The fraction of sp³-hybridized carbons (Fsp3) is 0.919. The lowest BCUT2D eigenvalue weighted by atomic mass is 9.57. The lowest BCUT2D eigenvalue weighted by Gasteiger charge is -2.47. The van der Waals surface area contributed by atoms with Crippen LogP contribution in [-0.4, -0.2) is 34.7 Å². The number of ether oxygens (including phenoxy) is 1. The Labute approximate surface area is 265 Å². The number of carboxylic acids is 2. The summed E-state index contributed by atoms with van der Waals surface area (Å²) in [5.74, 6) is 1.76. The van der Waals surface area contributed by atoms with E-state index >= 15 is 0 Å². The molecular weight excluding hydrogens is 540 g/mol. The maximum atomic E-state index is 13.5. The van der Waals surface area contributed by atoms with Crippen molar-refractivity contribution in [2.24, 2.45) is 88.3 Å². The first-order chi connectivity index (χ1) is 17.5. The zero-order valence-corrected chi connectivity index (χ0v) is 23.0. The number of hydrogen-bond donors (Lipinski definition) is 2. The van der Waals surface area contributed by atoms with Gasteiger partial charge in [0.05, 0.1) is 23.9 Å². The predicted octanol–water partition coefficient (Wildman–Crippen LogP) is 9.41. The van der Waals surface area contributed by atoms with Crippen molar-refractivity contribution >= 4 is 17.9 Å². The van der Waals surface area contributed by atoms with Gasteiger partial charge in [0, 0.05) is 0 Å². The number of carbonyl (C=O) groups is 3. The molecule has 6 aliphatic carbocycles. The van der Waals surface area contributed by atoms with E-state index in [4.69, 9.17) is 4.74 Å². The third kappa shape index (κ3) is 6.41. The number of carboxylic acid groups (broad SMARTS) is 2. The molecular formula is C37H70O6. The molecule has 6 heteroatoms. The molecule has 0 aromatic heterocycles. The van der Waals surface area contributed by atoms with E-state index in [1.807, 2.05) is 13.8 Å². The Morgan fingerprint density at radius 3 is 1.77 bits per heavy atom. The number of aliphatic carboxylic acids is 2. The Morgan fingerprint density at radius 1 is 0.744 bits per heavy atom.